The molecule has 5 heteroatoms. The summed E-state index contributed by atoms with van der Waals surface area (Å²) in [6.45, 7) is 5.60. The van der Waals surface area contributed by atoms with Gasteiger partial charge in [0, 0.05) is 36.8 Å². The summed E-state index contributed by atoms with van der Waals surface area (Å²) in [5.41, 5.74) is 6.63. The first-order chi connectivity index (χ1) is 22.0. The first-order valence-corrected chi connectivity index (χ1v) is 16.4. The summed E-state index contributed by atoms with van der Waals surface area (Å²) >= 11 is 0. The van der Waals surface area contributed by atoms with Crippen molar-refractivity contribution in [3.05, 3.63) is 143 Å². The number of ether oxygens (including phenoxy) is 1. The Morgan fingerprint density at radius 1 is 0.711 bits per heavy atom. The Bertz CT molecular complexity index is 1470. The van der Waals surface area contributed by atoms with Gasteiger partial charge in [0.05, 0.1) is 5.57 Å². The van der Waals surface area contributed by atoms with E-state index in [0.717, 1.165) is 48.2 Å². The highest BCUT2D eigenvalue weighted by molar-refractivity contribution is 5.90. The number of nitrogens with one attached hydrogen (secondary N) is 2. The fraction of sp³-hybridized carbons (Fsp3) is 0.325. The Morgan fingerprint density at radius 3 is 1.64 bits per heavy atom. The first kappa shape index (κ1) is 31.9. The van der Waals surface area contributed by atoms with Gasteiger partial charge in [-0.25, -0.2) is 4.79 Å². The molecule has 3 N–H and O–H groups in total. The van der Waals surface area contributed by atoms with Crippen LogP contribution in [0.25, 0.3) is 0 Å². The number of aliphatic hydroxyl groups excluding tert-OH is 1. The normalized spacial score (nSPS) is 14.3. The van der Waals surface area contributed by atoms with Crippen molar-refractivity contribution in [2.75, 3.05) is 10.6 Å². The van der Waals surface area contributed by atoms with E-state index in [-0.39, 0.29) is 17.6 Å². The maximum atomic E-state index is 13.4. The van der Waals surface area contributed by atoms with Gasteiger partial charge in [0.25, 0.3) is 0 Å². The largest absolute Gasteiger partial charge is 0.512 e. The van der Waals surface area contributed by atoms with Crippen LogP contribution in [0.1, 0.15) is 87.0 Å². The van der Waals surface area contributed by atoms with Crippen LogP contribution in [0.5, 0.6) is 0 Å². The molecule has 0 aliphatic carbocycles. The molecule has 0 bridgehead atoms. The van der Waals surface area contributed by atoms with Gasteiger partial charge >= 0.3 is 5.97 Å². The molecule has 45 heavy (non-hydrogen) atoms. The molecule has 5 rings (SSSR count). The monoisotopic (exact) mass is 602 g/mol. The fourth-order valence-corrected chi connectivity index (χ4v) is 6.66. The molecule has 0 unspecified atom stereocenters. The van der Waals surface area contributed by atoms with E-state index in [1.807, 2.05) is 12.1 Å². The molecule has 0 fully saturated rings. The molecule has 1 aliphatic heterocycles. The van der Waals surface area contributed by atoms with Gasteiger partial charge in [-0.2, -0.15) is 0 Å². The molecular formula is C40H46N2O3. The quantitative estimate of drug-likeness (QED) is 0.118. The summed E-state index contributed by atoms with van der Waals surface area (Å²) in [4.78, 5) is 13.4. The molecule has 0 atom stereocenters. The maximum absolute atomic E-state index is 13.4. The summed E-state index contributed by atoms with van der Waals surface area (Å²) in [5, 5.41) is 18.6. The number of anilines is 2. The van der Waals surface area contributed by atoms with E-state index in [4.69, 9.17) is 4.74 Å². The van der Waals surface area contributed by atoms with Crippen LogP contribution in [0.3, 0.4) is 0 Å². The molecule has 4 aromatic carbocycles. The Hall–Kier alpha value is -4.51. The molecule has 4 aromatic rings. The lowest BCUT2D eigenvalue weighted by Gasteiger charge is -2.37. The molecule has 0 amide bonds. The topological polar surface area (TPSA) is 70.6 Å². The molecule has 0 spiro atoms. The number of esters is 1. The maximum Gasteiger partial charge on any atom is 0.337 e. The lowest BCUT2D eigenvalue weighted by molar-refractivity contribution is -0.161. The number of carbonyl (C=O) groups is 1. The number of hydrogen-bond acceptors (Lipinski definition) is 5. The molecule has 0 saturated carbocycles. The Morgan fingerprint density at radius 2 is 1.18 bits per heavy atom. The zero-order chi connectivity index (χ0) is 31.5. The standard InChI is InChI=1S/C40H46N2O3/c1-3-25-40(26-4-2)27-38(43)35(39(44)45-40)24-23-32(33-19-11-13-21-36(33)41-28-30-15-7-5-8-16-30)34-20-12-14-22-37(34)42-29-31-17-9-6-10-18-31/h5-22,32,41-43H,3-4,23-29H2,1-2H3. The third-order valence-electron chi connectivity index (χ3n) is 8.81. The van der Waals surface area contributed by atoms with Crippen LogP contribution in [-0.4, -0.2) is 16.7 Å². The third kappa shape index (κ3) is 8.16. The van der Waals surface area contributed by atoms with Crippen molar-refractivity contribution in [1.82, 2.24) is 0 Å². The van der Waals surface area contributed by atoms with Gasteiger partial charge in [0.1, 0.15) is 11.4 Å². The number of aliphatic hydroxyl groups is 1. The van der Waals surface area contributed by atoms with Crippen LogP contribution in [0, 0.1) is 0 Å². The van der Waals surface area contributed by atoms with E-state index in [1.54, 1.807) is 0 Å². The summed E-state index contributed by atoms with van der Waals surface area (Å²) in [6, 6.07) is 37.6. The van der Waals surface area contributed by atoms with Gasteiger partial charge in [-0.3, -0.25) is 0 Å². The van der Waals surface area contributed by atoms with E-state index in [9.17, 15) is 9.90 Å². The van der Waals surface area contributed by atoms with E-state index >= 15 is 0 Å². The number of cyclic esters (lactones) is 1. The molecule has 1 heterocycles. The first-order valence-electron chi connectivity index (χ1n) is 16.4. The van der Waals surface area contributed by atoms with Crippen molar-refractivity contribution in [2.24, 2.45) is 0 Å². The van der Waals surface area contributed by atoms with Gasteiger partial charge in [-0.05, 0) is 60.1 Å². The summed E-state index contributed by atoms with van der Waals surface area (Å²) in [7, 11) is 0. The van der Waals surface area contributed by atoms with Crippen molar-refractivity contribution in [3.8, 4) is 0 Å². The van der Waals surface area contributed by atoms with Gasteiger partial charge in [-0.15, -0.1) is 0 Å². The van der Waals surface area contributed by atoms with Gasteiger partial charge in [0.15, 0.2) is 0 Å². The second-order valence-corrected chi connectivity index (χ2v) is 12.1. The number of hydrogen-bond donors (Lipinski definition) is 3. The molecule has 1 aliphatic rings. The van der Waals surface area contributed by atoms with Crippen LogP contribution in [-0.2, 0) is 22.6 Å². The number of carbonyl (C=O) groups excluding carboxylic acids is 1. The van der Waals surface area contributed by atoms with Gasteiger partial charge in [-0.1, -0.05) is 124 Å². The van der Waals surface area contributed by atoms with E-state index in [1.165, 1.54) is 11.1 Å². The van der Waals surface area contributed by atoms with E-state index in [0.29, 0.717) is 37.9 Å². The lowest BCUT2D eigenvalue weighted by Crippen LogP contribution is -2.40. The van der Waals surface area contributed by atoms with Crippen LogP contribution in [0.15, 0.2) is 121 Å². The molecule has 0 aromatic heterocycles. The van der Waals surface area contributed by atoms with Crippen molar-refractivity contribution < 1.29 is 14.6 Å². The molecule has 5 nitrogen and oxygen atoms in total. The van der Waals surface area contributed by atoms with E-state index < -0.39 is 5.60 Å². The number of benzene rings is 4. The van der Waals surface area contributed by atoms with Gasteiger partial charge < -0.3 is 20.5 Å². The predicted octanol–water partition coefficient (Wildman–Crippen LogP) is 9.92. The molecular weight excluding hydrogens is 556 g/mol. The third-order valence-corrected chi connectivity index (χ3v) is 8.81. The summed E-state index contributed by atoms with van der Waals surface area (Å²) in [5.74, 6) is -0.224. The minimum Gasteiger partial charge on any atom is -0.512 e. The average molecular weight is 603 g/mol. The fourth-order valence-electron chi connectivity index (χ4n) is 6.66. The Kier molecular flexibility index (Phi) is 11.0. The second kappa shape index (κ2) is 15.5. The summed E-state index contributed by atoms with van der Waals surface area (Å²) < 4.78 is 6.12. The second-order valence-electron chi connectivity index (χ2n) is 12.1. The Balaban J connectivity index is 1.47. The van der Waals surface area contributed by atoms with Gasteiger partial charge in [0.2, 0.25) is 0 Å². The number of para-hydroxylation sites is 2. The average Bonchev–Trinajstić information content (AvgIpc) is 3.06. The predicted molar refractivity (Wildman–Crippen MR) is 184 cm³/mol. The van der Waals surface area contributed by atoms with Crippen molar-refractivity contribution in [3.63, 3.8) is 0 Å². The lowest BCUT2D eigenvalue weighted by atomic mass is 9.81. The minimum atomic E-state index is -0.602. The zero-order valence-electron chi connectivity index (χ0n) is 26.6. The van der Waals surface area contributed by atoms with Crippen LogP contribution in [0.4, 0.5) is 11.4 Å². The van der Waals surface area contributed by atoms with E-state index in [2.05, 4.69) is 122 Å². The molecule has 234 valence electrons. The van der Waals surface area contributed by atoms with Crippen molar-refractivity contribution in [1.29, 1.82) is 0 Å². The zero-order valence-corrected chi connectivity index (χ0v) is 26.6. The highest BCUT2D eigenvalue weighted by atomic mass is 16.6. The van der Waals surface area contributed by atoms with Crippen LogP contribution >= 0.6 is 0 Å². The smallest absolute Gasteiger partial charge is 0.337 e. The molecule has 0 saturated heterocycles. The summed E-state index contributed by atoms with van der Waals surface area (Å²) in [6.07, 6.45) is 4.77. The van der Waals surface area contributed by atoms with Crippen LogP contribution < -0.4 is 10.6 Å². The molecule has 0 radical (unpaired) electrons. The highest BCUT2D eigenvalue weighted by Crippen LogP contribution is 2.42. The van der Waals surface area contributed by atoms with Crippen molar-refractivity contribution >= 4 is 17.3 Å². The van der Waals surface area contributed by atoms with Crippen LogP contribution in [0.2, 0.25) is 0 Å². The Labute approximate surface area is 268 Å². The SMILES string of the molecule is CCCC1(CCC)CC(O)=C(CCC(c2ccccc2NCc2ccccc2)c2ccccc2NCc2ccccc2)C(=O)O1. The number of rotatable bonds is 15. The minimum absolute atomic E-state index is 0.0463. The highest BCUT2D eigenvalue weighted by Gasteiger charge is 2.40. The van der Waals surface area contributed by atoms with Crippen molar-refractivity contribution in [2.45, 2.75) is 83.4 Å².